The molecule has 0 radical (unpaired) electrons. The van der Waals surface area contributed by atoms with Crippen LogP contribution in [0.3, 0.4) is 0 Å². The van der Waals surface area contributed by atoms with Gasteiger partial charge >= 0.3 is 0 Å². The summed E-state index contributed by atoms with van der Waals surface area (Å²) in [5.74, 6) is 1.06. The van der Waals surface area contributed by atoms with Gasteiger partial charge in [0.05, 0.1) is 18.6 Å². The summed E-state index contributed by atoms with van der Waals surface area (Å²) in [5, 5.41) is 11.9. The van der Waals surface area contributed by atoms with Gasteiger partial charge in [-0.1, -0.05) is 18.6 Å². The fourth-order valence-corrected chi connectivity index (χ4v) is 6.54. The molecule has 3 aliphatic rings. The summed E-state index contributed by atoms with van der Waals surface area (Å²) < 4.78 is 43.8. The lowest BCUT2D eigenvalue weighted by molar-refractivity contribution is 0.0996. The number of nitrogens with one attached hydrogen (secondary N) is 1. The molecule has 6 nitrogen and oxygen atoms in total. The minimum Gasteiger partial charge on any atom is -0.320 e. The highest BCUT2D eigenvalue weighted by atomic mass is 19.3. The molecule has 2 aromatic carbocycles. The SMILES string of the molecule is C[C@@H](NCC1CCC1)c1cc2c(c(C(F)F)c1)CN(c1cccc(C3(c4nncn4C)CC(CF)C3)c1)C2=O. The molecule has 1 atom stereocenters. The van der Waals surface area contributed by atoms with Crippen LogP contribution in [-0.2, 0) is 19.0 Å². The zero-order valence-corrected chi connectivity index (χ0v) is 22.3. The van der Waals surface area contributed by atoms with E-state index in [1.165, 1.54) is 19.3 Å². The number of anilines is 1. The van der Waals surface area contributed by atoms with Crippen LogP contribution in [-0.4, -0.2) is 33.9 Å². The second kappa shape index (κ2) is 10.1. The van der Waals surface area contributed by atoms with E-state index in [2.05, 4.69) is 15.5 Å². The van der Waals surface area contributed by atoms with E-state index >= 15 is 0 Å². The average Bonchev–Trinajstić information content (AvgIpc) is 3.45. The maximum absolute atomic E-state index is 14.2. The molecule has 1 N–H and O–H groups in total. The predicted octanol–water partition coefficient (Wildman–Crippen LogP) is 6.03. The quantitative estimate of drug-likeness (QED) is 0.362. The van der Waals surface area contributed by atoms with Crippen molar-refractivity contribution in [2.45, 2.75) is 63.5 Å². The minimum absolute atomic E-state index is 0.0602. The molecular formula is C30H34F3N5O. The second-order valence-corrected chi connectivity index (χ2v) is 11.6. The lowest BCUT2D eigenvalue weighted by atomic mass is 9.58. The molecule has 2 aliphatic carbocycles. The van der Waals surface area contributed by atoms with Gasteiger partial charge in [-0.05, 0) is 91.9 Å². The number of rotatable bonds is 9. The Balaban J connectivity index is 1.31. The maximum atomic E-state index is 14.2. The third kappa shape index (κ3) is 4.44. The molecule has 39 heavy (non-hydrogen) atoms. The van der Waals surface area contributed by atoms with Crippen LogP contribution in [0, 0.1) is 11.8 Å². The third-order valence-electron chi connectivity index (χ3n) is 9.11. The number of aromatic nitrogens is 3. The standard InChI is InChI=1S/C30H34F3N5O/c1-18(34-15-19-5-3-6-19)21-9-24(27(32)33)26-16-38(28(39)25(26)10-21)23-8-4-7-22(11-23)30(12-20(13-30)14-31)29-36-35-17-37(29)2/h4,7-11,17-20,27,34H,3,5-6,12-16H2,1-2H3/t18-,20?,30?/m1/s1. The van der Waals surface area contributed by atoms with Gasteiger partial charge in [-0.3, -0.25) is 9.18 Å². The fraction of sp³-hybridized carbons (Fsp3) is 0.500. The van der Waals surface area contributed by atoms with Gasteiger partial charge in [0.15, 0.2) is 0 Å². The van der Waals surface area contributed by atoms with Crippen molar-refractivity contribution in [1.82, 2.24) is 20.1 Å². The number of nitrogens with zero attached hydrogens (tertiary/aromatic N) is 4. The van der Waals surface area contributed by atoms with Gasteiger partial charge in [0.2, 0.25) is 0 Å². The monoisotopic (exact) mass is 537 g/mol. The Labute approximate surface area is 226 Å². The molecule has 0 saturated heterocycles. The number of carbonyl (C=O) groups is 1. The van der Waals surface area contributed by atoms with Crippen LogP contribution in [0.15, 0.2) is 42.7 Å². The van der Waals surface area contributed by atoms with E-state index in [-0.39, 0.29) is 30.0 Å². The van der Waals surface area contributed by atoms with Crippen molar-refractivity contribution in [2.75, 3.05) is 18.1 Å². The Morgan fingerprint density at radius 2 is 1.95 bits per heavy atom. The second-order valence-electron chi connectivity index (χ2n) is 11.6. The number of fused-ring (bicyclic) bond motifs is 1. The smallest absolute Gasteiger partial charge is 0.264 e. The van der Waals surface area contributed by atoms with E-state index in [0.29, 0.717) is 41.1 Å². The van der Waals surface area contributed by atoms with Gasteiger partial charge in [0.1, 0.15) is 12.2 Å². The molecule has 2 saturated carbocycles. The van der Waals surface area contributed by atoms with Crippen molar-refractivity contribution in [1.29, 1.82) is 0 Å². The molecule has 1 amide bonds. The van der Waals surface area contributed by atoms with Crippen molar-refractivity contribution in [3.8, 4) is 0 Å². The van der Waals surface area contributed by atoms with Gasteiger partial charge in [-0.15, -0.1) is 10.2 Å². The minimum atomic E-state index is -2.68. The highest BCUT2D eigenvalue weighted by Crippen LogP contribution is 2.52. The molecular weight excluding hydrogens is 503 g/mol. The van der Waals surface area contributed by atoms with E-state index in [0.717, 1.165) is 17.9 Å². The van der Waals surface area contributed by atoms with Gasteiger partial charge in [-0.25, -0.2) is 8.78 Å². The fourth-order valence-electron chi connectivity index (χ4n) is 6.54. The molecule has 3 aromatic rings. The molecule has 0 unspecified atom stereocenters. The molecule has 0 spiro atoms. The Kier molecular flexibility index (Phi) is 6.73. The van der Waals surface area contributed by atoms with E-state index in [1.54, 1.807) is 23.4 Å². The van der Waals surface area contributed by atoms with Crippen LogP contribution in [0.4, 0.5) is 18.9 Å². The Bertz CT molecular complexity index is 1380. The van der Waals surface area contributed by atoms with Gasteiger partial charge in [0.25, 0.3) is 12.3 Å². The van der Waals surface area contributed by atoms with E-state index in [1.807, 2.05) is 42.8 Å². The number of hydrogen-bond acceptors (Lipinski definition) is 4. The molecule has 1 aliphatic heterocycles. The third-order valence-corrected chi connectivity index (χ3v) is 9.11. The maximum Gasteiger partial charge on any atom is 0.264 e. The van der Waals surface area contributed by atoms with E-state index < -0.39 is 18.5 Å². The molecule has 6 rings (SSSR count). The molecule has 9 heteroatoms. The highest BCUT2D eigenvalue weighted by Gasteiger charge is 2.50. The van der Waals surface area contributed by atoms with Gasteiger partial charge < -0.3 is 14.8 Å². The Morgan fingerprint density at radius 3 is 2.59 bits per heavy atom. The van der Waals surface area contributed by atoms with Crippen LogP contribution in [0.5, 0.6) is 0 Å². The topological polar surface area (TPSA) is 63.0 Å². The number of halogens is 3. The number of carbonyl (C=O) groups excluding carboxylic acids is 1. The number of amides is 1. The van der Waals surface area contributed by atoms with Crippen molar-refractivity contribution < 1.29 is 18.0 Å². The largest absolute Gasteiger partial charge is 0.320 e. The summed E-state index contributed by atoms with van der Waals surface area (Å²) in [6.07, 6.45) is 3.79. The average molecular weight is 538 g/mol. The van der Waals surface area contributed by atoms with Gasteiger partial charge in [0, 0.05) is 29.9 Å². The van der Waals surface area contributed by atoms with Crippen LogP contribution >= 0.6 is 0 Å². The molecule has 2 heterocycles. The summed E-state index contributed by atoms with van der Waals surface area (Å²) in [6.45, 7) is 2.51. The van der Waals surface area contributed by atoms with Crippen molar-refractivity contribution in [3.63, 3.8) is 0 Å². The Hall–Kier alpha value is -3.20. The highest BCUT2D eigenvalue weighted by molar-refractivity contribution is 6.10. The lowest BCUT2D eigenvalue weighted by Crippen LogP contribution is -2.45. The van der Waals surface area contributed by atoms with Crippen LogP contribution < -0.4 is 10.2 Å². The van der Waals surface area contributed by atoms with Crippen LogP contribution in [0.1, 0.15) is 89.9 Å². The van der Waals surface area contributed by atoms with Crippen molar-refractivity contribution in [2.24, 2.45) is 18.9 Å². The first-order valence-corrected chi connectivity index (χ1v) is 13.8. The van der Waals surface area contributed by atoms with Crippen molar-refractivity contribution >= 4 is 11.6 Å². The van der Waals surface area contributed by atoms with E-state index in [4.69, 9.17) is 0 Å². The number of hydrogen-bond donors (Lipinski definition) is 1. The summed E-state index contributed by atoms with van der Waals surface area (Å²) in [6, 6.07) is 10.8. The predicted molar refractivity (Wildman–Crippen MR) is 143 cm³/mol. The van der Waals surface area contributed by atoms with Crippen molar-refractivity contribution in [3.05, 3.63) is 76.4 Å². The zero-order valence-electron chi connectivity index (χ0n) is 22.3. The molecule has 1 aromatic heterocycles. The Morgan fingerprint density at radius 1 is 1.15 bits per heavy atom. The molecule has 206 valence electrons. The first kappa shape index (κ1) is 26.0. The van der Waals surface area contributed by atoms with Gasteiger partial charge in [-0.2, -0.15) is 0 Å². The van der Waals surface area contributed by atoms with E-state index in [9.17, 15) is 18.0 Å². The summed E-state index contributed by atoms with van der Waals surface area (Å²) in [5.41, 5.74) is 2.42. The number of aryl methyl sites for hydroxylation is 1. The lowest BCUT2D eigenvalue weighted by Gasteiger charge is -2.46. The number of benzene rings is 2. The number of alkyl halides is 3. The van der Waals surface area contributed by atoms with Crippen LogP contribution in [0.25, 0.3) is 0 Å². The summed E-state index contributed by atoms with van der Waals surface area (Å²) >= 11 is 0. The first-order valence-electron chi connectivity index (χ1n) is 13.8. The molecule has 0 bridgehead atoms. The normalized spacial score (nSPS) is 23.6. The van der Waals surface area contributed by atoms with Crippen LogP contribution in [0.2, 0.25) is 0 Å². The summed E-state index contributed by atoms with van der Waals surface area (Å²) in [4.78, 5) is 15.3. The first-order chi connectivity index (χ1) is 18.8. The summed E-state index contributed by atoms with van der Waals surface area (Å²) in [7, 11) is 1.87. The molecule has 2 fully saturated rings. The zero-order chi connectivity index (χ0) is 27.3.